The summed E-state index contributed by atoms with van der Waals surface area (Å²) in [6.45, 7) is 3.30. The van der Waals surface area contributed by atoms with Gasteiger partial charge in [0.15, 0.2) is 0 Å². The molecule has 1 aromatic rings. The van der Waals surface area contributed by atoms with E-state index in [0.29, 0.717) is 6.04 Å². The maximum Gasteiger partial charge on any atom is 0.106 e. The zero-order valence-electron chi connectivity index (χ0n) is 5.46. The predicted molar refractivity (Wildman–Crippen MR) is 37.5 cm³/mol. The largest absolute Gasteiger partial charge is 0.367 e. The Bertz CT molecular complexity index is 194. The fraction of sp³-hybridized carbons (Fsp3) is 0.429. The van der Waals surface area contributed by atoms with Crippen LogP contribution in [0.3, 0.4) is 0 Å². The monoisotopic (exact) mass is 122 g/mol. The van der Waals surface area contributed by atoms with Gasteiger partial charge in [-0.3, -0.25) is 0 Å². The fourth-order valence-electron chi connectivity index (χ4n) is 1.30. The minimum Gasteiger partial charge on any atom is -0.367 e. The van der Waals surface area contributed by atoms with Crippen molar-refractivity contribution < 1.29 is 0 Å². The van der Waals surface area contributed by atoms with Crippen LogP contribution < -0.4 is 5.32 Å². The van der Waals surface area contributed by atoms with Crippen LogP contribution in [0.5, 0.6) is 0 Å². The van der Waals surface area contributed by atoms with Crippen molar-refractivity contribution in [3.05, 3.63) is 18.3 Å². The molecule has 2 heterocycles. The van der Waals surface area contributed by atoms with E-state index in [9.17, 15) is 0 Å². The number of nitrogens with one attached hydrogen (secondary N) is 1. The summed E-state index contributed by atoms with van der Waals surface area (Å²) in [5.41, 5.74) is 0. The van der Waals surface area contributed by atoms with Gasteiger partial charge in [0.05, 0.1) is 0 Å². The van der Waals surface area contributed by atoms with Crippen molar-refractivity contribution >= 4 is 5.82 Å². The lowest BCUT2D eigenvalue weighted by Gasteiger charge is -1.98. The van der Waals surface area contributed by atoms with E-state index in [1.54, 1.807) is 0 Å². The molecule has 0 bridgehead atoms. The Morgan fingerprint density at radius 3 is 3.44 bits per heavy atom. The standard InChI is InChI=1S/C7H10N2/c1-6-5-9-4-2-3-7(9)8-6/h2-4,6,8H,5H2,1H3. The van der Waals surface area contributed by atoms with Gasteiger partial charge in [-0.15, -0.1) is 0 Å². The molecule has 1 aliphatic rings. The molecule has 0 fully saturated rings. The van der Waals surface area contributed by atoms with E-state index in [0.717, 1.165) is 6.54 Å². The number of hydrogen-bond acceptors (Lipinski definition) is 1. The van der Waals surface area contributed by atoms with Gasteiger partial charge in [-0.05, 0) is 19.1 Å². The lowest BCUT2D eigenvalue weighted by Crippen LogP contribution is -2.09. The number of rotatable bonds is 0. The lowest BCUT2D eigenvalue weighted by molar-refractivity contribution is 0.695. The average molecular weight is 122 g/mol. The van der Waals surface area contributed by atoms with Crippen molar-refractivity contribution in [2.75, 3.05) is 5.32 Å². The Balaban J connectivity index is 2.39. The molecule has 1 aromatic heterocycles. The van der Waals surface area contributed by atoms with Crippen LogP contribution in [0.4, 0.5) is 5.82 Å². The summed E-state index contributed by atoms with van der Waals surface area (Å²) in [7, 11) is 0. The van der Waals surface area contributed by atoms with E-state index in [1.165, 1.54) is 5.82 Å². The van der Waals surface area contributed by atoms with Gasteiger partial charge in [0.1, 0.15) is 5.82 Å². The summed E-state index contributed by atoms with van der Waals surface area (Å²) in [6, 6.07) is 4.78. The van der Waals surface area contributed by atoms with Crippen molar-refractivity contribution in [3.8, 4) is 0 Å². The number of nitrogens with zero attached hydrogens (tertiary/aromatic N) is 1. The third-order valence-electron chi connectivity index (χ3n) is 1.69. The highest BCUT2D eigenvalue weighted by molar-refractivity contribution is 5.40. The second-order valence-corrected chi connectivity index (χ2v) is 2.59. The van der Waals surface area contributed by atoms with E-state index in [2.05, 4.69) is 35.1 Å². The van der Waals surface area contributed by atoms with E-state index in [-0.39, 0.29) is 0 Å². The quantitative estimate of drug-likeness (QED) is 0.549. The molecule has 48 valence electrons. The number of fused-ring (bicyclic) bond motifs is 1. The maximum atomic E-state index is 3.34. The van der Waals surface area contributed by atoms with Crippen LogP contribution in [0.15, 0.2) is 18.3 Å². The Morgan fingerprint density at radius 2 is 2.67 bits per heavy atom. The molecule has 1 unspecified atom stereocenters. The topological polar surface area (TPSA) is 17.0 Å². The molecular formula is C7H10N2. The lowest BCUT2D eigenvalue weighted by atomic mass is 10.4. The SMILES string of the molecule is CC1Cn2cccc2N1. The molecule has 1 aliphatic heterocycles. The smallest absolute Gasteiger partial charge is 0.106 e. The first kappa shape index (κ1) is 4.91. The van der Waals surface area contributed by atoms with Crippen LogP contribution in [-0.2, 0) is 6.54 Å². The van der Waals surface area contributed by atoms with Crippen LogP contribution in [0.25, 0.3) is 0 Å². The van der Waals surface area contributed by atoms with E-state index >= 15 is 0 Å². The van der Waals surface area contributed by atoms with Gasteiger partial charge in [0.2, 0.25) is 0 Å². The highest BCUT2D eigenvalue weighted by Gasteiger charge is 2.13. The normalized spacial score (nSPS) is 23.4. The molecule has 0 spiro atoms. The highest BCUT2D eigenvalue weighted by atomic mass is 15.2. The molecule has 0 aromatic carbocycles. The Hall–Kier alpha value is -0.920. The van der Waals surface area contributed by atoms with Gasteiger partial charge in [0, 0.05) is 18.8 Å². The zero-order valence-corrected chi connectivity index (χ0v) is 5.46. The van der Waals surface area contributed by atoms with Gasteiger partial charge < -0.3 is 9.88 Å². The van der Waals surface area contributed by atoms with Crippen LogP contribution >= 0.6 is 0 Å². The molecule has 0 saturated carbocycles. The van der Waals surface area contributed by atoms with Gasteiger partial charge in [-0.1, -0.05) is 0 Å². The number of aromatic nitrogens is 1. The third-order valence-corrected chi connectivity index (χ3v) is 1.69. The second kappa shape index (κ2) is 1.53. The molecule has 2 rings (SSSR count). The molecule has 0 aliphatic carbocycles. The minimum atomic E-state index is 0.612. The summed E-state index contributed by atoms with van der Waals surface area (Å²) in [5.74, 6) is 1.25. The molecule has 1 atom stereocenters. The van der Waals surface area contributed by atoms with Gasteiger partial charge >= 0.3 is 0 Å². The molecule has 0 radical (unpaired) electrons. The second-order valence-electron chi connectivity index (χ2n) is 2.59. The summed E-state index contributed by atoms with van der Waals surface area (Å²) in [4.78, 5) is 0. The summed E-state index contributed by atoms with van der Waals surface area (Å²) < 4.78 is 2.23. The average Bonchev–Trinajstić information content (AvgIpc) is 2.22. The van der Waals surface area contributed by atoms with Gasteiger partial charge in [-0.25, -0.2) is 0 Å². The summed E-state index contributed by atoms with van der Waals surface area (Å²) in [6.07, 6.45) is 2.10. The first-order valence-electron chi connectivity index (χ1n) is 3.28. The third kappa shape index (κ3) is 0.626. The van der Waals surface area contributed by atoms with Crippen molar-refractivity contribution in [1.82, 2.24) is 4.57 Å². The van der Waals surface area contributed by atoms with Crippen LogP contribution in [0, 0.1) is 0 Å². The molecule has 0 saturated heterocycles. The fourth-order valence-corrected chi connectivity index (χ4v) is 1.30. The first-order valence-corrected chi connectivity index (χ1v) is 3.28. The minimum absolute atomic E-state index is 0.612. The molecule has 2 heteroatoms. The summed E-state index contributed by atoms with van der Waals surface area (Å²) in [5, 5.41) is 3.34. The van der Waals surface area contributed by atoms with Crippen molar-refractivity contribution in [3.63, 3.8) is 0 Å². The van der Waals surface area contributed by atoms with E-state index < -0.39 is 0 Å². The Morgan fingerprint density at radius 1 is 1.78 bits per heavy atom. The maximum absolute atomic E-state index is 3.34. The van der Waals surface area contributed by atoms with E-state index in [1.807, 2.05) is 0 Å². The zero-order chi connectivity index (χ0) is 6.27. The Kier molecular flexibility index (Phi) is 0.835. The molecule has 1 N–H and O–H groups in total. The molecule has 9 heavy (non-hydrogen) atoms. The molecular weight excluding hydrogens is 112 g/mol. The Labute approximate surface area is 54.5 Å². The summed E-state index contributed by atoms with van der Waals surface area (Å²) >= 11 is 0. The molecule has 2 nitrogen and oxygen atoms in total. The predicted octanol–water partition coefficient (Wildman–Crippen LogP) is 1.30. The first-order chi connectivity index (χ1) is 4.36. The van der Waals surface area contributed by atoms with Crippen LogP contribution in [-0.4, -0.2) is 10.6 Å². The highest BCUT2D eigenvalue weighted by Crippen LogP contribution is 2.17. The number of anilines is 1. The van der Waals surface area contributed by atoms with Crippen LogP contribution in [0.2, 0.25) is 0 Å². The van der Waals surface area contributed by atoms with Crippen molar-refractivity contribution in [1.29, 1.82) is 0 Å². The number of hydrogen-bond donors (Lipinski definition) is 1. The molecule has 0 amide bonds. The van der Waals surface area contributed by atoms with E-state index in [4.69, 9.17) is 0 Å². The van der Waals surface area contributed by atoms with Crippen LogP contribution in [0.1, 0.15) is 6.92 Å². The van der Waals surface area contributed by atoms with Gasteiger partial charge in [0.25, 0.3) is 0 Å². The van der Waals surface area contributed by atoms with Crippen molar-refractivity contribution in [2.45, 2.75) is 19.5 Å². The van der Waals surface area contributed by atoms with Crippen molar-refractivity contribution in [2.24, 2.45) is 0 Å². The van der Waals surface area contributed by atoms with Gasteiger partial charge in [-0.2, -0.15) is 0 Å².